The van der Waals surface area contributed by atoms with Gasteiger partial charge in [0.25, 0.3) is 0 Å². The summed E-state index contributed by atoms with van der Waals surface area (Å²) >= 11 is 0. The highest BCUT2D eigenvalue weighted by molar-refractivity contribution is 4.78. The fourth-order valence-corrected chi connectivity index (χ4v) is 2.53. The van der Waals surface area contributed by atoms with Crippen molar-refractivity contribution in [1.82, 2.24) is 4.90 Å². The van der Waals surface area contributed by atoms with Gasteiger partial charge in [-0.15, -0.1) is 6.58 Å². The Morgan fingerprint density at radius 1 is 1.27 bits per heavy atom. The van der Waals surface area contributed by atoms with Crippen molar-refractivity contribution in [2.45, 2.75) is 32.6 Å². The van der Waals surface area contributed by atoms with Crippen LogP contribution in [0.2, 0.25) is 0 Å². The fraction of sp³-hybridized carbons (Fsp3) is 0.846. The predicted molar refractivity (Wildman–Crippen MR) is 66.8 cm³/mol. The van der Waals surface area contributed by atoms with E-state index < -0.39 is 0 Å². The summed E-state index contributed by atoms with van der Waals surface area (Å²) in [6.07, 6.45) is 7.43. The number of nitrogens with zero attached hydrogens (tertiary/aromatic N) is 1. The van der Waals surface area contributed by atoms with Crippen LogP contribution in [-0.2, 0) is 0 Å². The predicted octanol–water partition coefficient (Wildman–Crippen LogP) is 2.26. The van der Waals surface area contributed by atoms with Gasteiger partial charge in [-0.2, -0.15) is 0 Å². The van der Waals surface area contributed by atoms with Gasteiger partial charge >= 0.3 is 0 Å². The Bertz CT molecular complexity index is 171. The van der Waals surface area contributed by atoms with Crippen molar-refractivity contribution in [2.24, 2.45) is 17.6 Å². The van der Waals surface area contributed by atoms with E-state index in [2.05, 4.69) is 18.4 Å². The summed E-state index contributed by atoms with van der Waals surface area (Å²) in [5.41, 5.74) is 5.70. The number of rotatable bonds is 6. The van der Waals surface area contributed by atoms with Crippen molar-refractivity contribution in [3.8, 4) is 0 Å². The van der Waals surface area contributed by atoms with E-state index in [4.69, 9.17) is 5.73 Å². The molecule has 0 aromatic carbocycles. The van der Waals surface area contributed by atoms with Crippen LogP contribution in [0.25, 0.3) is 0 Å². The lowest BCUT2D eigenvalue weighted by Crippen LogP contribution is -2.32. The molecule has 0 aliphatic heterocycles. The Labute approximate surface area is 94.5 Å². The van der Waals surface area contributed by atoms with E-state index >= 15 is 0 Å². The second-order valence-electron chi connectivity index (χ2n) is 4.76. The van der Waals surface area contributed by atoms with Crippen LogP contribution in [0.3, 0.4) is 0 Å². The van der Waals surface area contributed by atoms with Crippen molar-refractivity contribution in [3.63, 3.8) is 0 Å². The van der Waals surface area contributed by atoms with E-state index in [1.165, 1.54) is 32.2 Å². The number of likely N-dealkylation sites (N-methyl/N-ethyl adjacent to an activating group) is 1. The Morgan fingerprint density at radius 3 is 2.33 bits per heavy atom. The van der Waals surface area contributed by atoms with Gasteiger partial charge in [-0.25, -0.2) is 0 Å². The Balaban J connectivity index is 2.24. The maximum atomic E-state index is 5.70. The first-order chi connectivity index (χ1) is 7.30. The van der Waals surface area contributed by atoms with Gasteiger partial charge in [-0.05, 0) is 50.6 Å². The third-order valence-corrected chi connectivity index (χ3v) is 3.65. The molecule has 1 fully saturated rings. The number of hydrogen-bond donors (Lipinski definition) is 1. The molecular weight excluding hydrogens is 184 g/mol. The van der Waals surface area contributed by atoms with Gasteiger partial charge in [0.15, 0.2) is 0 Å². The number of nitrogens with two attached hydrogens (primary N) is 1. The summed E-state index contributed by atoms with van der Waals surface area (Å²) in [5, 5.41) is 0. The van der Waals surface area contributed by atoms with Gasteiger partial charge in [0.1, 0.15) is 0 Å². The summed E-state index contributed by atoms with van der Waals surface area (Å²) in [6.45, 7) is 10.4. The standard InChI is InChI=1S/C13H26N2/c1-3-9-15(4-2)11-13-7-5-12(10-14)6-8-13/h3,12-13H,1,4-11,14H2,2H3. The highest BCUT2D eigenvalue weighted by Gasteiger charge is 2.21. The summed E-state index contributed by atoms with van der Waals surface area (Å²) in [6, 6.07) is 0. The van der Waals surface area contributed by atoms with Gasteiger partial charge in [0, 0.05) is 13.1 Å². The van der Waals surface area contributed by atoms with Crippen LogP contribution in [0.5, 0.6) is 0 Å². The van der Waals surface area contributed by atoms with Crippen LogP contribution in [0, 0.1) is 11.8 Å². The molecule has 2 N–H and O–H groups in total. The molecule has 88 valence electrons. The molecule has 1 rings (SSSR count). The van der Waals surface area contributed by atoms with Gasteiger partial charge in [0.2, 0.25) is 0 Å². The largest absolute Gasteiger partial charge is 0.330 e. The van der Waals surface area contributed by atoms with Gasteiger partial charge in [0.05, 0.1) is 0 Å². The lowest BCUT2D eigenvalue weighted by Gasteiger charge is -2.31. The molecule has 0 atom stereocenters. The Kier molecular flexibility index (Phi) is 5.96. The highest BCUT2D eigenvalue weighted by atomic mass is 15.1. The summed E-state index contributed by atoms with van der Waals surface area (Å²) in [5.74, 6) is 1.70. The number of hydrogen-bond acceptors (Lipinski definition) is 2. The molecule has 0 amide bonds. The molecule has 1 saturated carbocycles. The molecule has 0 bridgehead atoms. The summed E-state index contributed by atoms with van der Waals surface area (Å²) in [4.78, 5) is 2.49. The maximum Gasteiger partial charge on any atom is 0.0160 e. The SMILES string of the molecule is C=CCN(CC)CC1CCC(CN)CC1. The van der Waals surface area contributed by atoms with E-state index in [9.17, 15) is 0 Å². The van der Waals surface area contributed by atoms with E-state index in [0.29, 0.717) is 0 Å². The molecular formula is C13H26N2. The van der Waals surface area contributed by atoms with E-state index in [0.717, 1.165) is 31.5 Å². The van der Waals surface area contributed by atoms with Crippen molar-refractivity contribution in [3.05, 3.63) is 12.7 Å². The topological polar surface area (TPSA) is 29.3 Å². The quantitative estimate of drug-likeness (QED) is 0.681. The maximum absolute atomic E-state index is 5.70. The van der Waals surface area contributed by atoms with Crippen LogP contribution in [-0.4, -0.2) is 31.1 Å². The summed E-state index contributed by atoms with van der Waals surface area (Å²) < 4.78 is 0. The third-order valence-electron chi connectivity index (χ3n) is 3.65. The summed E-state index contributed by atoms with van der Waals surface area (Å²) in [7, 11) is 0. The molecule has 0 spiro atoms. The average molecular weight is 210 g/mol. The van der Waals surface area contributed by atoms with E-state index in [1.54, 1.807) is 0 Å². The monoisotopic (exact) mass is 210 g/mol. The Morgan fingerprint density at radius 2 is 1.87 bits per heavy atom. The molecule has 2 nitrogen and oxygen atoms in total. The zero-order valence-electron chi connectivity index (χ0n) is 10.1. The molecule has 0 unspecified atom stereocenters. The zero-order valence-corrected chi connectivity index (χ0v) is 10.1. The molecule has 0 saturated heterocycles. The smallest absolute Gasteiger partial charge is 0.0160 e. The molecule has 1 aliphatic carbocycles. The third kappa shape index (κ3) is 4.35. The first-order valence-electron chi connectivity index (χ1n) is 6.33. The molecule has 0 heterocycles. The van der Waals surface area contributed by atoms with Gasteiger partial charge in [-0.3, -0.25) is 4.90 Å². The normalized spacial score (nSPS) is 26.9. The second kappa shape index (κ2) is 7.02. The first-order valence-corrected chi connectivity index (χ1v) is 6.33. The van der Waals surface area contributed by atoms with Crippen LogP contribution in [0.15, 0.2) is 12.7 Å². The second-order valence-corrected chi connectivity index (χ2v) is 4.76. The fourth-order valence-electron chi connectivity index (χ4n) is 2.53. The van der Waals surface area contributed by atoms with Crippen molar-refractivity contribution in [2.75, 3.05) is 26.2 Å². The van der Waals surface area contributed by atoms with Gasteiger partial charge in [-0.1, -0.05) is 13.0 Å². The van der Waals surface area contributed by atoms with Crippen molar-refractivity contribution >= 4 is 0 Å². The van der Waals surface area contributed by atoms with Gasteiger partial charge < -0.3 is 5.73 Å². The molecule has 0 aromatic rings. The lowest BCUT2D eigenvalue weighted by molar-refractivity contribution is 0.199. The van der Waals surface area contributed by atoms with E-state index in [-0.39, 0.29) is 0 Å². The van der Waals surface area contributed by atoms with Crippen molar-refractivity contribution in [1.29, 1.82) is 0 Å². The van der Waals surface area contributed by atoms with Crippen LogP contribution in [0.4, 0.5) is 0 Å². The lowest BCUT2D eigenvalue weighted by atomic mass is 9.82. The average Bonchev–Trinajstić information content (AvgIpc) is 2.29. The van der Waals surface area contributed by atoms with Crippen molar-refractivity contribution < 1.29 is 0 Å². The minimum absolute atomic E-state index is 0.802. The highest BCUT2D eigenvalue weighted by Crippen LogP contribution is 2.28. The van der Waals surface area contributed by atoms with Crippen LogP contribution in [0.1, 0.15) is 32.6 Å². The van der Waals surface area contributed by atoms with Crippen LogP contribution >= 0.6 is 0 Å². The minimum atomic E-state index is 0.802. The molecule has 2 heteroatoms. The minimum Gasteiger partial charge on any atom is -0.330 e. The van der Waals surface area contributed by atoms with E-state index in [1.807, 2.05) is 6.08 Å². The molecule has 0 aromatic heterocycles. The first kappa shape index (κ1) is 12.7. The molecule has 15 heavy (non-hydrogen) atoms. The molecule has 1 aliphatic rings. The Hall–Kier alpha value is -0.340. The van der Waals surface area contributed by atoms with Crippen LogP contribution < -0.4 is 5.73 Å². The molecule has 0 radical (unpaired) electrons. The zero-order chi connectivity index (χ0) is 11.1.